The van der Waals surface area contributed by atoms with Gasteiger partial charge in [-0.05, 0) is 26.1 Å². The molecule has 183 valence electrons. The van der Waals surface area contributed by atoms with E-state index in [1.54, 1.807) is 0 Å². The van der Waals surface area contributed by atoms with Crippen LogP contribution in [0.15, 0.2) is 97.1 Å². The van der Waals surface area contributed by atoms with Crippen LogP contribution >= 0.6 is 0 Å². The molecular weight excluding hydrogens is 465 g/mol. The van der Waals surface area contributed by atoms with Crippen molar-refractivity contribution in [2.75, 3.05) is 14.1 Å². The van der Waals surface area contributed by atoms with Crippen LogP contribution in [0.2, 0.25) is 0 Å². The summed E-state index contributed by atoms with van der Waals surface area (Å²) in [5.74, 6) is 0. The molecule has 0 atom stereocenters. The fourth-order valence-electron chi connectivity index (χ4n) is 1.44. The Kier molecular flexibility index (Phi) is 94.9. The van der Waals surface area contributed by atoms with Crippen molar-refractivity contribution in [3.63, 3.8) is 0 Å². The van der Waals surface area contributed by atoms with Crippen molar-refractivity contribution in [2.45, 2.75) is 54.9 Å². The maximum Gasteiger partial charge on any atom is 0 e. The summed E-state index contributed by atoms with van der Waals surface area (Å²) in [7, 11) is 3.00. The largest absolute Gasteiger partial charge is 0.358 e. The van der Waals surface area contributed by atoms with E-state index in [-0.39, 0.29) is 40.1 Å². The molecule has 0 bridgehead atoms. The van der Waals surface area contributed by atoms with E-state index in [1.807, 2.05) is 114 Å². The topological polar surface area (TPSA) is 52.0 Å². The molecule has 0 saturated heterocycles. The van der Waals surface area contributed by atoms with Crippen LogP contribution in [0.1, 0.15) is 54.0 Å². The molecule has 2 nitrogen and oxygen atoms in total. The van der Waals surface area contributed by atoms with E-state index in [1.165, 1.54) is 19.7 Å². The molecule has 0 aliphatic carbocycles. The van der Waals surface area contributed by atoms with Crippen LogP contribution in [-0.4, -0.2) is 14.1 Å². The van der Waals surface area contributed by atoms with Crippen LogP contribution in [0.5, 0.6) is 0 Å². The van der Waals surface area contributed by atoms with Crippen LogP contribution < -0.4 is 11.5 Å². The van der Waals surface area contributed by atoms with Gasteiger partial charge in [-0.2, -0.15) is 36.4 Å². The van der Waals surface area contributed by atoms with E-state index in [0.29, 0.717) is 0 Å². The Bertz CT molecular complexity index is 433. The average Bonchev–Trinajstić information content (AvgIpc) is 2.93. The van der Waals surface area contributed by atoms with Crippen LogP contribution in [0.25, 0.3) is 0 Å². The molecule has 0 amide bonds. The minimum atomic E-state index is 0. The van der Waals surface area contributed by atoms with Gasteiger partial charge in [-0.3, -0.25) is 0 Å². The third kappa shape index (κ3) is 51.4. The number of aryl methyl sites for hydroxylation is 1. The van der Waals surface area contributed by atoms with Gasteiger partial charge in [-0.25, -0.2) is 0 Å². The second-order valence-electron chi connectivity index (χ2n) is 4.07. The molecule has 32 heavy (non-hydrogen) atoms. The summed E-state index contributed by atoms with van der Waals surface area (Å²) in [6.07, 6.45) is 1.14. The third-order valence-electron chi connectivity index (χ3n) is 2.52. The number of rotatable bonds is 1. The van der Waals surface area contributed by atoms with Crippen molar-refractivity contribution in [1.29, 1.82) is 0 Å². The van der Waals surface area contributed by atoms with E-state index < -0.39 is 0 Å². The zero-order valence-corrected chi connectivity index (χ0v) is 25.5. The average molecular weight is 518 g/mol. The van der Waals surface area contributed by atoms with Crippen molar-refractivity contribution >= 4 is 0 Å². The number of nitrogens with two attached hydrogens (primary N) is 2. The van der Waals surface area contributed by atoms with E-state index >= 15 is 0 Å². The van der Waals surface area contributed by atoms with Gasteiger partial charge in [-0.1, -0.05) is 115 Å². The summed E-state index contributed by atoms with van der Waals surface area (Å²) in [6.45, 7) is 14.2. The number of benzene rings is 3. The normalized spacial score (nSPS) is 6.22. The van der Waals surface area contributed by atoms with E-state index in [2.05, 4.69) is 48.7 Å². The van der Waals surface area contributed by atoms with E-state index in [4.69, 9.17) is 0 Å². The van der Waals surface area contributed by atoms with Crippen molar-refractivity contribution in [3.05, 3.63) is 116 Å². The van der Waals surface area contributed by atoms with Gasteiger partial charge in [0, 0.05) is 32.7 Å². The fourth-order valence-corrected chi connectivity index (χ4v) is 1.44. The zero-order chi connectivity index (χ0) is 24.3. The van der Waals surface area contributed by atoms with E-state index in [0.717, 1.165) is 6.42 Å². The van der Waals surface area contributed by atoms with Crippen LogP contribution in [0.4, 0.5) is 0 Å². The summed E-state index contributed by atoms with van der Waals surface area (Å²) in [6, 6.07) is 35.0. The second kappa shape index (κ2) is 63.0. The first-order valence-electron chi connectivity index (χ1n) is 11.0. The van der Waals surface area contributed by atoms with Crippen molar-refractivity contribution in [1.82, 2.24) is 0 Å². The first-order valence-corrected chi connectivity index (χ1v) is 11.0. The standard InChI is InChI=1S/C8H10.C6H6.C6H5.3C2H6.2CH5N.CH3.Y/c1-2-8-6-4-3-5-7-8;2*1-2-4-6-5-3-1;5*1-2;;/h3-7H,2H2,1H3;1-6H;1-5H;3*1-2H3;2*2H2,1H3;1H3;/q;;-1;;;;;;-1;. The molecule has 0 aromatic heterocycles. The van der Waals surface area contributed by atoms with Crippen molar-refractivity contribution in [3.8, 4) is 0 Å². The molecule has 3 rings (SSSR count). The van der Waals surface area contributed by atoms with Gasteiger partial charge in [0.2, 0.25) is 0 Å². The van der Waals surface area contributed by atoms with Gasteiger partial charge in [-0.15, -0.1) is 0 Å². The molecule has 3 heteroatoms. The molecule has 3 aromatic rings. The maximum atomic E-state index is 4.50. The molecule has 0 aliphatic heterocycles. The molecular formula is C29H52N2Y-2. The second-order valence-corrected chi connectivity index (χ2v) is 4.07. The SMILES string of the molecule is CC.CC.CC.CCc1ccccc1.CN.CN.[CH3-].[Y].[c-]1ccccc1.c1ccccc1. The Morgan fingerprint density at radius 3 is 0.938 bits per heavy atom. The van der Waals surface area contributed by atoms with Gasteiger partial charge < -0.3 is 18.9 Å². The molecule has 0 heterocycles. The Labute approximate surface area is 228 Å². The quantitative estimate of drug-likeness (QED) is 0.321. The first kappa shape index (κ1) is 48.2. The predicted molar refractivity (Wildman–Crippen MR) is 148 cm³/mol. The molecule has 0 unspecified atom stereocenters. The van der Waals surface area contributed by atoms with Gasteiger partial charge in [0.25, 0.3) is 0 Å². The number of hydrogen-bond donors (Lipinski definition) is 2. The third-order valence-corrected chi connectivity index (χ3v) is 2.52. The zero-order valence-electron chi connectivity index (χ0n) is 22.7. The van der Waals surface area contributed by atoms with Gasteiger partial charge in [0.1, 0.15) is 0 Å². The Morgan fingerprint density at radius 2 is 0.781 bits per heavy atom. The minimum Gasteiger partial charge on any atom is -0.358 e. The van der Waals surface area contributed by atoms with Gasteiger partial charge in [0.15, 0.2) is 0 Å². The Hall–Kier alpha value is -1.32. The molecule has 3 aromatic carbocycles. The molecule has 0 aliphatic rings. The number of hydrogen-bond acceptors (Lipinski definition) is 2. The maximum absolute atomic E-state index is 4.50. The molecule has 4 N–H and O–H groups in total. The minimum absolute atomic E-state index is 0. The molecule has 1 radical (unpaired) electrons. The summed E-state index contributed by atoms with van der Waals surface area (Å²) < 4.78 is 0. The summed E-state index contributed by atoms with van der Waals surface area (Å²) in [5.41, 5.74) is 10.4. The monoisotopic (exact) mass is 517 g/mol. The van der Waals surface area contributed by atoms with Crippen molar-refractivity contribution < 1.29 is 32.7 Å². The van der Waals surface area contributed by atoms with Crippen molar-refractivity contribution in [2.24, 2.45) is 11.5 Å². The Balaban J connectivity index is -0.0000000481. The first-order chi connectivity index (χ1) is 14.9. The Morgan fingerprint density at radius 1 is 0.531 bits per heavy atom. The molecule has 0 fully saturated rings. The van der Waals surface area contributed by atoms with Gasteiger partial charge in [0.05, 0.1) is 0 Å². The van der Waals surface area contributed by atoms with Gasteiger partial charge >= 0.3 is 0 Å². The molecule has 0 saturated carbocycles. The summed E-state index contributed by atoms with van der Waals surface area (Å²) in [4.78, 5) is 0. The fraction of sp³-hybridized carbons (Fsp3) is 0.345. The predicted octanol–water partition coefficient (Wildman–Crippen LogP) is 8.10. The molecule has 0 spiro atoms. The summed E-state index contributed by atoms with van der Waals surface area (Å²) >= 11 is 0. The van der Waals surface area contributed by atoms with Crippen LogP contribution in [-0.2, 0) is 39.1 Å². The summed E-state index contributed by atoms with van der Waals surface area (Å²) in [5, 5.41) is 0. The van der Waals surface area contributed by atoms with Crippen LogP contribution in [0.3, 0.4) is 0 Å². The van der Waals surface area contributed by atoms with E-state index in [9.17, 15) is 0 Å². The van der Waals surface area contributed by atoms with Crippen LogP contribution in [0, 0.1) is 13.5 Å². The smallest absolute Gasteiger partial charge is 0 e.